The summed E-state index contributed by atoms with van der Waals surface area (Å²) >= 11 is 5.99. The smallest absolute Gasteiger partial charge is 0.181 e. The molecule has 2 rings (SSSR count). The number of aromatic nitrogens is 1. The maximum absolute atomic E-state index is 9.33. The number of benzene rings is 1. The molecule has 94 valence electrons. The van der Waals surface area contributed by atoms with Crippen LogP contribution in [0.4, 0.5) is 0 Å². The second kappa shape index (κ2) is 5.78. The zero-order valence-corrected chi connectivity index (χ0v) is 13.8. The Morgan fingerprint density at radius 3 is 2.40 bits per heavy atom. The molecule has 1 aromatic carbocycles. The number of rotatable bonds is 1. The van der Waals surface area contributed by atoms with Gasteiger partial charge in [0.1, 0.15) is 23.5 Å². The molecule has 0 aliphatic heterocycles. The third-order valence-corrected chi connectivity index (χ3v) is 4.37. The third-order valence-electron chi connectivity index (χ3n) is 3.18. The fraction of sp³-hybridized carbons (Fsp3) is 0.133. The molecule has 0 amide bonds. The van der Waals surface area contributed by atoms with Gasteiger partial charge in [-0.25, -0.2) is 4.98 Å². The Labute approximate surface area is 134 Å². The Kier molecular flexibility index (Phi) is 4.27. The highest BCUT2D eigenvalue weighted by Crippen LogP contribution is 2.30. The van der Waals surface area contributed by atoms with E-state index in [0.717, 1.165) is 31.2 Å². The van der Waals surface area contributed by atoms with Crippen LogP contribution in [0.25, 0.3) is 11.1 Å². The van der Waals surface area contributed by atoms with Crippen LogP contribution in [-0.4, -0.2) is 21.3 Å². The first-order chi connectivity index (χ1) is 9.49. The molecule has 0 aliphatic carbocycles. The maximum Gasteiger partial charge on any atom is 0.181 e. The topological polar surface area (TPSA) is 60.5 Å². The molecule has 0 saturated carbocycles. The SMILES string of the molecule is Cc1ccc(Br)cc1-c1c(C#N)nc(C#N)[c]([Al])c1C. The average molecular weight is 338 g/mol. The summed E-state index contributed by atoms with van der Waals surface area (Å²) in [6, 6.07) is 10.0. The lowest BCUT2D eigenvalue weighted by Gasteiger charge is -2.15. The van der Waals surface area contributed by atoms with E-state index in [1.807, 2.05) is 38.1 Å². The molecular formula is C15H9AlBrN3. The molecule has 1 aromatic heterocycles. The Balaban J connectivity index is 2.88. The maximum atomic E-state index is 9.33. The highest BCUT2D eigenvalue weighted by atomic mass is 79.9. The molecule has 0 saturated heterocycles. The van der Waals surface area contributed by atoms with Gasteiger partial charge >= 0.3 is 0 Å². The summed E-state index contributed by atoms with van der Waals surface area (Å²) in [5.41, 5.74) is 4.25. The largest absolute Gasteiger partial charge is 0.227 e. The van der Waals surface area contributed by atoms with E-state index in [2.05, 4.69) is 43.3 Å². The number of hydrogen-bond acceptors (Lipinski definition) is 3. The summed E-state index contributed by atoms with van der Waals surface area (Å²) in [6.45, 7) is 3.89. The second-order valence-electron chi connectivity index (χ2n) is 4.41. The van der Waals surface area contributed by atoms with Crippen LogP contribution in [0.3, 0.4) is 0 Å². The number of hydrogen-bond donors (Lipinski definition) is 0. The van der Waals surface area contributed by atoms with Gasteiger partial charge in [0.15, 0.2) is 16.3 Å². The predicted molar refractivity (Wildman–Crippen MR) is 81.7 cm³/mol. The summed E-state index contributed by atoms with van der Waals surface area (Å²) in [4.78, 5) is 4.16. The molecule has 0 spiro atoms. The molecule has 0 fully saturated rings. The van der Waals surface area contributed by atoms with Gasteiger partial charge in [0.25, 0.3) is 0 Å². The summed E-state index contributed by atoms with van der Waals surface area (Å²) in [5, 5.41) is 18.4. The van der Waals surface area contributed by atoms with Gasteiger partial charge in [-0.2, -0.15) is 10.5 Å². The normalized spacial score (nSPS) is 9.85. The number of nitriles is 2. The highest BCUT2D eigenvalue weighted by Gasteiger charge is 2.16. The van der Waals surface area contributed by atoms with Crippen molar-refractivity contribution in [2.75, 3.05) is 0 Å². The fourth-order valence-electron chi connectivity index (χ4n) is 2.08. The van der Waals surface area contributed by atoms with Crippen LogP contribution in [0.15, 0.2) is 22.7 Å². The van der Waals surface area contributed by atoms with Gasteiger partial charge in [-0.3, -0.25) is 0 Å². The van der Waals surface area contributed by atoms with Crippen molar-refractivity contribution in [3.05, 3.63) is 45.2 Å². The van der Waals surface area contributed by atoms with Gasteiger partial charge in [0.05, 0.1) is 0 Å². The fourth-order valence-corrected chi connectivity index (χ4v) is 2.71. The molecule has 2 aromatic rings. The Morgan fingerprint density at radius 2 is 1.80 bits per heavy atom. The summed E-state index contributed by atoms with van der Waals surface area (Å²) < 4.78 is 1.68. The van der Waals surface area contributed by atoms with E-state index in [0.29, 0.717) is 0 Å². The molecule has 20 heavy (non-hydrogen) atoms. The van der Waals surface area contributed by atoms with Gasteiger partial charge < -0.3 is 0 Å². The third kappa shape index (κ3) is 2.49. The van der Waals surface area contributed by atoms with Gasteiger partial charge in [-0.15, -0.1) is 4.43 Å². The molecule has 1 heterocycles. The van der Waals surface area contributed by atoms with E-state index in [4.69, 9.17) is 5.26 Å². The van der Waals surface area contributed by atoms with E-state index in [1.54, 1.807) is 0 Å². The molecular weight excluding hydrogens is 329 g/mol. The standard InChI is InChI=1S/C15H9BrN3.Al/c1-9-3-4-11(16)6-13(9)15-10(2)5-12(7-17)19-14(15)8-18;/h3-4,6H,1-2H3;. The van der Waals surface area contributed by atoms with Crippen molar-refractivity contribution < 1.29 is 0 Å². The first kappa shape index (κ1) is 14.8. The van der Waals surface area contributed by atoms with Crippen molar-refractivity contribution in [1.29, 1.82) is 10.5 Å². The number of aryl methyl sites for hydroxylation is 1. The Hall–Kier alpha value is -1.64. The number of pyridine rings is 1. The van der Waals surface area contributed by atoms with E-state index >= 15 is 0 Å². The van der Waals surface area contributed by atoms with E-state index in [9.17, 15) is 5.26 Å². The van der Waals surface area contributed by atoms with Gasteiger partial charge in [0.2, 0.25) is 0 Å². The summed E-state index contributed by atoms with van der Waals surface area (Å²) in [5.74, 6) is 0. The lowest BCUT2D eigenvalue weighted by atomic mass is 9.95. The minimum absolute atomic E-state index is 0.278. The van der Waals surface area contributed by atoms with Crippen molar-refractivity contribution in [2.45, 2.75) is 13.8 Å². The van der Waals surface area contributed by atoms with Crippen LogP contribution in [0.5, 0.6) is 0 Å². The van der Waals surface area contributed by atoms with E-state index < -0.39 is 0 Å². The lowest BCUT2D eigenvalue weighted by Crippen LogP contribution is -2.17. The van der Waals surface area contributed by atoms with Crippen LogP contribution >= 0.6 is 15.9 Å². The van der Waals surface area contributed by atoms with Crippen LogP contribution in [0.2, 0.25) is 0 Å². The van der Waals surface area contributed by atoms with Gasteiger partial charge in [-0.1, -0.05) is 27.6 Å². The minimum Gasteiger partial charge on any atom is -0.227 e. The molecule has 5 heteroatoms. The molecule has 0 unspecified atom stereocenters. The summed E-state index contributed by atoms with van der Waals surface area (Å²) in [7, 11) is 0. The van der Waals surface area contributed by atoms with E-state index in [1.165, 1.54) is 0 Å². The molecule has 0 N–H and O–H groups in total. The van der Waals surface area contributed by atoms with Crippen LogP contribution in [0, 0.1) is 36.5 Å². The predicted octanol–water partition coefficient (Wildman–Crippen LogP) is 2.67. The average Bonchev–Trinajstić information content (AvgIpc) is 2.44. The monoisotopic (exact) mass is 337 g/mol. The first-order valence-corrected chi connectivity index (χ1v) is 7.23. The van der Waals surface area contributed by atoms with Crippen LogP contribution < -0.4 is 4.43 Å². The van der Waals surface area contributed by atoms with Crippen molar-refractivity contribution in [3.63, 3.8) is 0 Å². The molecule has 0 atom stereocenters. The molecule has 3 nitrogen and oxygen atoms in total. The van der Waals surface area contributed by atoms with Crippen molar-refractivity contribution in [3.8, 4) is 23.3 Å². The van der Waals surface area contributed by atoms with Crippen molar-refractivity contribution in [1.82, 2.24) is 4.98 Å². The van der Waals surface area contributed by atoms with Gasteiger partial charge in [-0.05, 0) is 37.1 Å². The van der Waals surface area contributed by atoms with Crippen LogP contribution in [0.1, 0.15) is 22.5 Å². The quantitative estimate of drug-likeness (QED) is 0.751. The lowest BCUT2D eigenvalue weighted by molar-refractivity contribution is 1.21. The number of halogens is 1. The molecule has 0 bridgehead atoms. The molecule has 2 radical (unpaired) electrons. The van der Waals surface area contributed by atoms with Crippen molar-refractivity contribution in [2.24, 2.45) is 0 Å². The first-order valence-electron chi connectivity index (χ1n) is 5.86. The molecule has 0 aliphatic rings. The van der Waals surface area contributed by atoms with E-state index in [-0.39, 0.29) is 11.4 Å². The van der Waals surface area contributed by atoms with Crippen LogP contribution in [-0.2, 0) is 0 Å². The number of nitrogens with zero attached hydrogens (tertiary/aromatic N) is 3. The Bertz CT molecular complexity index is 785. The second-order valence-corrected chi connectivity index (χ2v) is 5.90. The zero-order valence-electron chi connectivity index (χ0n) is 11.0. The Morgan fingerprint density at radius 1 is 1.15 bits per heavy atom. The van der Waals surface area contributed by atoms with Crippen molar-refractivity contribution >= 4 is 36.6 Å². The summed E-state index contributed by atoms with van der Waals surface area (Å²) in [6.07, 6.45) is 0. The zero-order chi connectivity index (χ0) is 14.9. The highest BCUT2D eigenvalue weighted by molar-refractivity contribution is 9.10. The van der Waals surface area contributed by atoms with Gasteiger partial charge in [0, 0.05) is 10.0 Å². The minimum atomic E-state index is 0.278.